The van der Waals surface area contributed by atoms with E-state index in [4.69, 9.17) is 4.74 Å². The molecule has 0 saturated carbocycles. The van der Waals surface area contributed by atoms with Gasteiger partial charge in [-0.15, -0.1) is 0 Å². The second-order valence-electron chi connectivity index (χ2n) is 5.15. The van der Waals surface area contributed by atoms with Crippen molar-refractivity contribution in [2.75, 3.05) is 5.32 Å². The lowest BCUT2D eigenvalue weighted by Gasteiger charge is -2.12. The largest absolute Gasteiger partial charge is 0.491 e. The van der Waals surface area contributed by atoms with Gasteiger partial charge in [-0.2, -0.15) is 0 Å². The number of ether oxygens (including phenoxy) is 1. The Bertz CT molecular complexity index is 581. The number of benzene rings is 2. The van der Waals surface area contributed by atoms with Crippen LogP contribution in [0.3, 0.4) is 0 Å². The van der Waals surface area contributed by atoms with Gasteiger partial charge in [0.15, 0.2) is 0 Å². The van der Waals surface area contributed by atoms with Gasteiger partial charge in [0, 0.05) is 6.54 Å². The van der Waals surface area contributed by atoms with Gasteiger partial charge in [0.2, 0.25) is 0 Å². The highest BCUT2D eigenvalue weighted by Crippen LogP contribution is 2.19. The van der Waals surface area contributed by atoms with E-state index in [1.165, 1.54) is 6.07 Å². The topological polar surface area (TPSA) is 21.3 Å². The van der Waals surface area contributed by atoms with E-state index in [1.807, 2.05) is 51.1 Å². The fourth-order valence-electron chi connectivity index (χ4n) is 1.97. The second kappa shape index (κ2) is 6.42. The van der Waals surface area contributed by atoms with Crippen molar-refractivity contribution in [2.45, 2.75) is 33.4 Å². The molecule has 0 saturated heterocycles. The Balaban J connectivity index is 2.05. The van der Waals surface area contributed by atoms with Crippen molar-refractivity contribution in [1.29, 1.82) is 0 Å². The van der Waals surface area contributed by atoms with Gasteiger partial charge in [0.1, 0.15) is 11.6 Å². The highest BCUT2D eigenvalue weighted by atomic mass is 19.1. The molecule has 20 heavy (non-hydrogen) atoms. The van der Waals surface area contributed by atoms with Crippen molar-refractivity contribution >= 4 is 5.69 Å². The molecule has 0 aliphatic heterocycles. The van der Waals surface area contributed by atoms with Crippen molar-refractivity contribution in [3.05, 3.63) is 59.4 Å². The number of halogens is 1. The summed E-state index contributed by atoms with van der Waals surface area (Å²) < 4.78 is 19.3. The molecule has 0 radical (unpaired) electrons. The van der Waals surface area contributed by atoms with Crippen molar-refractivity contribution in [2.24, 2.45) is 0 Å². The van der Waals surface area contributed by atoms with E-state index in [2.05, 4.69) is 5.32 Å². The average molecular weight is 273 g/mol. The summed E-state index contributed by atoms with van der Waals surface area (Å²) >= 11 is 0. The standard InChI is InChI=1S/C17H20FNO/c1-12(2)20-15-6-4-5-14(10-15)11-19-17-9-13(3)7-8-16(17)18/h4-10,12,19H,11H2,1-3H3. The molecular weight excluding hydrogens is 253 g/mol. The predicted molar refractivity (Wildman–Crippen MR) is 80.7 cm³/mol. The lowest BCUT2D eigenvalue weighted by molar-refractivity contribution is 0.242. The Morgan fingerprint density at radius 2 is 1.95 bits per heavy atom. The molecular formula is C17H20FNO. The van der Waals surface area contributed by atoms with E-state index in [0.717, 1.165) is 16.9 Å². The Kier molecular flexibility index (Phi) is 4.61. The summed E-state index contributed by atoms with van der Waals surface area (Å²) in [6.07, 6.45) is 0.146. The second-order valence-corrected chi connectivity index (χ2v) is 5.15. The quantitative estimate of drug-likeness (QED) is 0.864. The van der Waals surface area contributed by atoms with Crippen LogP contribution in [0.25, 0.3) is 0 Å². The summed E-state index contributed by atoms with van der Waals surface area (Å²) in [5.74, 6) is 0.606. The zero-order valence-corrected chi connectivity index (χ0v) is 12.1. The van der Waals surface area contributed by atoms with Crippen LogP contribution < -0.4 is 10.1 Å². The zero-order valence-electron chi connectivity index (χ0n) is 12.1. The maximum absolute atomic E-state index is 13.6. The number of anilines is 1. The zero-order chi connectivity index (χ0) is 14.5. The summed E-state index contributed by atoms with van der Waals surface area (Å²) in [5, 5.41) is 3.12. The summed E-state index contributed by atoms with van der Waals surface area (Å²) in [4.78, 5) is 0. The van der Waals surface area contributed by atoms with E-state index in [0.29, 0.717) is 12.2 Å². The van der Waals surface area contributed by atoms with Crippen molar-refractivity contribution in [1.82, 2.24) is 0 Å². The summed E-state index contributed by atoms with van der Waals surface area (Å²) in [5.41, 5.74) is 2.62. The van der Waals surface area contributed by atoms with Crippen molar-refractivity contribution in [3.8, 4) is 5.75 Å². The third-order valence-electron chi connectivity index (χ3n) is 2.88. The van der Waals surface area contributed by atoms with Gasteiger partial charge in [0.05, 0.1) is 11.8 Å². The van der Waals surface area contributed by atoms with Crippen LogP contribution in [0.5, 0.6) is 5.75 Å². The molecule has 0 spiro atoms. The molecule has 2 aromatic rings. The van der Waals surface area contributed by atoms with Crippen molar-refractivity contribution < 1.29 is 9.13 Å². The SMILES string of the molecule is Cc1ccc(F)c(NCc2cccc(OC(C)C)c2)c1. The normalized spacial score (nSPS) is 10.7. The van der Waals surface area contributed by atoms with Crippen LogP contribution in [-0.4, -0.2) is 6.10 Å². The molecule has 0 unspecified atom stereocenters. The molecule has 106 valence electrons. The van der Waals surface area contributed by atoms with Crippen LogP contribution in [0, 0.1) is 12.7 Å². The molecule has 0 amide bonds. The fraction of sp³-hybridized carbons (Fsp3) is 0.294. The van der Waals surface area contributed by atoms with Gasteiger partial charge >= 0.3 is 0 Å². The first-order valence-corrected chi connectivity index (χ1v) is 6.80. The third kappa shape index (κ3) is 3.98. The highest BCUT2D eigenvalue weighted by molar-refractivity contribution is 5.47. The maximum atomic E-state index is 13.6. The van der Waals surface area contributed by atoms with Crippen LogP contribution in [-0.2, 0) is 6.54 Å². The molecule has 0 aliphatic rings. The monoisotopic (exact) mass is 273 g/mol. The molecule has 2 nitrogen and oxygen atoms in total. The van der Waals surface area contributed by atoms with Crippen LogP contribution in [0.1, 0.15) is 25.0 Å². The van der Waals surface area contributed by atoms with Crippen molar-refractivity contribution in [3.63, 3.8) is 0 Å². The minimum absolute atomic E-state index is 0.146. The lowest BCUT2D eigenvalue weighted by Crippen LogP contribution is -2.06. The van der Waals surface area contributed by atoms with Gasteiger partial charge < -0.3 is 10.1 Å². The summed E-state index contributed by atoms with van der Waals surface area (Å²) in [7, 11) is 0. The smallest absolute Gasteiger partial charge is 0.146 e. The Hall–Kier alpha value is -2.03. The van der Waals surface area contributed by atoms with E-state index in [9.17, 15) is 4.39 Å². The first-order chi connectivity index (χ1) is 9.54. The third-order valence-corrected chi connectivity index (χ3v) is 2.88. The van der Waals surface area contributed by atoms with Crippen LogP contribution in [0.2, 0.25) is 0 Å². The van der Waals surface area contributed by atoms with Crippen LogP contribution in [0.15, 0.2) is 42.5 Å². The minimum atomic E-state index is -0.231. The molecule has 3 heteroatoms. The van der Waals surface area contributed by atoms with Gasteiger partial charge in [-0.3, -0.25) is 0 Å². The van der Waals surface area contributed by atoms with E-state index < -0.39 is 0 Å². The number of hydrogen-bond donors (Lipinski definition) is 1. The fourth-order valence-corrected chi connectivity index (χ4v) is 1.97. The minimum Gasteiger partial charge on any atom is -0.491 e. The first-order valence-electron chi connectivity index (χ1n) is 6.80. The number of aryl methyl sites for hydroxylation is 1. The molecule has 0 atom stereocenters. The van der Waals surface area contributed by atoms with Gasteiger partial charge in [-0.05, 0) is 56.2 Å². The van der Waals surface area contributed by atoms with E-state index >= 15 is 0 Å². The Labute approximate surface area is 119 Å². The molecule has 0 aromatic heterocycles. The van der Waals surface area contributed by atoms with E-state index in [1.54, 1.807) is 6.07 Å². The number of rotatable bonds is 5. The van der Waals surface area contributed by atoms with Gasteiger partial charge in [0.25, 0.3) is 0 Å². The van der Waals surface area contributed by atoms with Gasteiger partial charge in [-0.25, -0.2) is 4.39 Å². The Morgan fingerprint density at radius 3 is 2.70 bits per heavy atom. The number of hydrogen-bond acceptors (Lipinski definition) is 2. The molecule has 0 heterocycles. The maximum Gasteiger partial charge on any atom is 0.146 e. The molecule has 2 rings (SSSR count). The predicted octanol–water partition coefficient (Wildman–Crippen LogP) is 4.53. The highest BCUT2D eigenvalue weighted by Gasteiger charge is 2.03. The van der Waals surface area contributed by atoms with Crippen LogP contribution >= 0.6 is 0 Å². The molecule has 1 N–H and O–H groups in total. The summed E-state index contributed by atoms with van der Waals surface area (Å²) in [6, 6.07) is 12.9. The molecule has 0 bridgehead atoms. The summed E-state index contributed by atoms with van der Waals surface area (Å²) in [6.45, 7) is 6.50. The molecule has 2 aromatic carbocycles. The first kappa shape index (κ1) is 14.4. The molecule has 0 fully saturated rings. The van der Waals surface area contributed by atoms with Crippen LogP contribution in [0.4, 0.5) is 10.1 Å². The number of nitrogens with one attached hydrogen (secondary N) is 1. The lowest BCUT2D eigenvalue weighted by atomic mass is 10.2. The molecule has 0 aliphatic carbocycles. The Morgan fingerprint density at radius 1 is 1.15 bits per heavy atom. The van der Waals surface area contributed by atoms with Gasteiger partial charge in [-0.1, -0.05) is 18.2 Å². The average Bonchev–Trinajstić information content (AvgIpc) is 2.39. The van der Waals surface area contributed by atoms with E-state index in [-0.39, 0.29) is 11.9 Å².